The molecule has 0 spiro atoms. The molecule has 0 N–H and O–H groups in total. The fourth-order valence-corrected chi connectivity index (χ4v) is 2.07. The van der Waals surface area contributed by atoms with E-state index in [1.165, 1.54) is 13.2 Å². The van der Waals surface area contributed by atoms with E-state index < -0.39 is 11.8 Å². The zero-order chi connectivity index (χ0) is 15.6. The normalized spacial score (nSPS) is 18.0. The van der Waals surface area contributed by atoms with Crippen molar-refractivity contribution in [3.63, 3.8) is 0 Å². The van der Waals surface area contributed by atoms with Crippen LogP contribution in [0.25, 0.3) is 5.76 Å². The van der Waals surface area contributed by atoms with E-state index in [1.54, 1.807) is 48.5 Å². The van der Waals surface area contributed by atoms with Gasteiger partial charge in [-0.05, 0) is 24.3 Å². The van der Waals surface area contributed by atoms with Gasteiger partial charge in [0.25, 0.3) is 0 Å². The van der Waals surface area contributed by atoms with Gasteiger partial charge in [0.15, 0.2) is 5.71 Å². The zero-order valence-electron chi connectivity index (χ0n) is 11.8. The van der Waals surface area contributed by atoms with Crippen LogP contribution in [0.1, 0.15) is 5.56 Å². The summed E-state index contributed by atoms with van der Waals surface area (Å²) >= 11 is 0. The van der Waals surface area contributed by atoms with Crippen molar-refractivity contribution in [1.29, 1.82) is 0 Å². The van der Waals surface area contributed by atoms with Crippen LogP contribution in [-0.2, 0) is 4.74 Å². The number of halogens is 2. The second-order valence-corrected chi connectivity index (χ2v) is 4.69. The summed E-state index contributed by atoms with van der Waals surface area (Å²) in [6.07, 6.45) is -2.18. The van der Waals surface area contributed by atoms with Gasteiger partial charge in [0, 0.05) is 11.6 Å². The molecule has 0 radical (unpaired) electrons. The lowest BCUT2D eigenvalue weighted by Gasteiger charge is -2.12. The van der Waals surface area contributed by atoms with Gasteiger partial charge in [-0.1, -0.05) is 30.3 Å². The van der Waals surface area contributed by atoms with E-state index in [0.717, 1.165) is 0 Å². The average Bonchev–Trinajstić information content (AvgIpc) is 2.84. The Morgan fingerprint density at radius 1 is 1.00 bits per heavy atom. The van der Waals surface area contributed by atoms with Crippen LogP contribution in [0.15, 0.2) is 65.7 Å². The highest BCUT2D eigenvalue weighted by Crippen LogP contribution is 2.35. The molecule has 0 saturated heterocycles. The van der Waals surface area contributed by atoms with Gasteiger partial charge < -0.3 is 9.47 Å². The third-order valence-corrected chi connectivity index (χ3v) is 3.18. The molecule has 5 heteroatoms. The molecule has 1 aliphatic rings. The molecule has 1 heterocycles. The van der Waals surface area contributed by atoms with Crippen molar-refractivity contribution in [2.75, 3.05) is 7.11 Å². The number of methoxy groups -OCH3 is 1. The second kappa shape index (κ2) is 5.60. The Kier molecular flexibility index (Phi) is 3.63. The van der Waals surface area contributed by atoms with Gasteiger partial charge in [-0.2, -0.15) is 8.78 Å². The molecule has 2 aromatic rings. The monoisotopic (exact) mass is 301 g/mol. The first-order valence-corrected chi connectivity index (χ1v) is 6.66. The lowest BCUT2D eigenvalue weighted by molar-refractivity contribution is -0.125. The molecule has 3 rings (SSSR count). The molecule has 3 nitrogen and oxygen atoms in total. The minimum absolute atomic E-state index is 0.109. The Bertz CT molecular complexity index is 722. The Hall–Kier alpha value is -2.69. The molecule has 1 aliphatic heterocycles. The summed E-state index contributed by atoms with van der Waals surface area (Å²) in [6, 6.07) is 15.3. The number of hydrogen-bond donors (Lipinski definition) is 0. The lowest BCUT2D eigenvalue weighted by atomic mass is 10.2. The Balaban J connectivity index is 1.93. The van der Waals surface area contributed by atoms with Crippen molar-refractivity contribution in [2.45, 2.75) is 6.11 Å². The third kappa shape index (κ3) is 2.83. The van der Waals surface area contributed by atoms with Crippen LogP contribution in [0.5, 0.6) is 5.75 Å². The maximum Gasteiger partial charge on any atom is 0.444 e. The highest BCUT2D eigenvalue weighted by molar-refractivity contribution is 6.08. The fourth-order valence-electron chi connectivity index (χ4n) is 2.07. The van der Waals surface area contributed by atoms with Crippen LogP contribution in [0.3, 0.4) is 0 Å². The number of hydrogen-bond acceptors (Lipinski definition) is 3. The quantitative estimate of drug-likeness (QED) is 0.839. The van der Waals surface area contributed by atoms with E-state index in [9.17, 15) is 8.78 Å². The van der Waals surface area contributed by atoms with E-state index in [0.29, 0.717) is 17.0 Å². The minimum Gasteiger partial charge on any atom is -0.497 e. The second-order valence-electron chi connectivity index (χ2n) is 4.69. The van der Waals surface area contributed by atoms with Crippen molar-refractivity contribution in [3.8, 4) is 5.75 Å². The van der Waals surface area contributed by atoms with Crippen LogP contribution in [0.2, 0.25) is 0 Å². The van der Waals surface area contributed by atoms with Gasteiger partial charge in [0.05, 0.1) is 12.8 Å². The fraction of sp³-hybridized carbons (Fsp3) is 0.118. The van der Waals surface area contributed by atoms with Gasteiger partial charge in [0.2, 0.25) is 0 Å². The number of aliphatic imine (C=N–C) groups is 1. The van der Waals surface area contributed by atoms with Crippen LogP contribution in [0, 0.1) is 0 Å². The summed E-state index contributed by atoms with van der Waals surface area (Å²) in [5.41, 5.74) is 0.572. The van der Waals surface area contributed by atoms with E-state index in [2.05, 4.69) is 4.99 Å². The highest BCUT2D eigenvalue weighted by atomic mass is 19.3. The standard InChI is InChI=1S/C17H13F2NO2/c1-21-14-9-7-13(8-10-14)20-16-11-15(22-17(16,18)19)12-5-3-2-4-6-12/h2-11H,1H3. The molecule has 0 aromatic heterocycles. The molecule has 0 amide bonds. The summed E-state index contributed by atoms with van der Waals surface area (Å²) in [6.45, 7) is 0. The van der Waals surface area contributed by atoms with Crippen LogP contribution in [0.4, 0.5) is 14.5 Å². The largest absolute Gasteiger partial charge is 0.497 e. The maximum absolute atomic E-state index is 13.9. The number of rotatable bonds is 3. The van der Waals surface area contributed by atoms with Gasteiger partial charge in [-0.25, -0.2) is 4.99 Å². The molecule has 112 valence electrons. The smallest absolute Gasteiger partial charge is 0.444 e. The third-order valence-electron chi connectivity index (χ3n) is 3.18. The van der Waals surface area contributed by atoms with Crippen LogP contribution >= 0.6 is 0 Å². The molecule has 0 unspecified atom stereocenters. The van der Waals surface area contributed by atoms with E-state index in [1.807, 2.05) is 6.07 Å². The molecular formula is C17H13F2NO2. The summed E-state index contributed by atoms with van der Waals surface area (Å²) in [5, 5.41) is 0. The molecule has 0 fully saturated rings. The summed E-state index contributed by atoms with van der Waals surface area (Å²) < 4.78 is 37.7. The van der Waals surface area contributed by atoms with Crippen LogP contribution < -0.4 is 4.74 Å². The number of alkyl halides is 2. The van der Waals surface area contributed by atoms with E-state index in [-0.39, 0.29) is 5.76 Å². The summed E-state index contributed by atoms with van der Waals surface area (Å²) in [5.74, 6) is 0.747. The maximum atomic E-state index is 13.9. The van der Waals surface area contributed by atoms with Gasteiger partial charge in [-0.15, -0.1) is 0 Å². The first-order valence-electron chi connectivity index (χ1n) is 6.66. The molecular weight excluding hydrogens is 288 g/mol. The zero-order valence-corrected chi connectivity index (χ0v) is 11.8. The van der Waals surface area contributed by atoms with Crippen molar-refractivity contribution >= 4 is 17.2 Å². The highest BCUT2D eigenvalue weighted by Gasteiger charge is 2.44. The topological polar surface area (TPSA) is 30.8 Å². The molecule has 22 heavy (non-hydrogen) atoms. The van der Waals surface area contributed by atoms with E-state index >= 15 is 0 Å². The van der Waals surface area contributed by atoms with Crippen molar-refractivity contribution in [1.82, 2.24) is 0 Å². The molecule has 0 saturated carbocycles. The first-order chi connectivity index (χ1) is 10.6. The Labute approximate surface area is 126 Å². The van der Waals surface area contributed by atoms with Gasteiger partial charge in [-0.3, -0.25) is 0 Å². The minimum atomic E-state index is -3.44. The number of benzene rings is 2. The summed E-state index contributed by atoms with van der Waals surface area (Å²) in [4.78, 5) is 3.97. The van der Waals surface area contributed by atoms with E-state index in [4.69, 9.17) is 9.47 Å². The molecule has 2 aromatic carbocycles. The first kappa shape index (κ1) is 14.3. The molecule has 0 atom stereocenters. The molecule has 0 aliphatic carbocycles. The SMILES string of the molecule is COc1ccc(N=C2C=C(c3ccccc3)OC2(F)F)cc1. The van der Waals surface area contributed by atoms with Gasteiger partial charge in [0.1, 0.15) is 11.5 Å². The Morgan fingerprint density at radius 3 is 2.32 bits per heavy atom. The predicted molar refractivity (Wildman–Crippen MR) is 80.5 cm³/mol. The lowest BCUT2D eigenvalue weighted by Crippen LogP contribution is -2.24. The number of ether oxygens (including phenoxy) is 2. The Morgan fingerprint density at radius 2 is 1.68 bits per heavy atom. The summed E-state index contributed by atoms with van der Waals surface area (Å²) in [7, 11) is 1.54. The average molecular weight is 301 g/mol. The van der Waals surface area contributed by atoms with Crippen molar-refractivity contribution in [2.24, 2.45) is 4.99 Å². The van der Waals surface area contributed by atoms with Crippen molar-refractivity contribution in [3.05, 3.63) is 66.2 Å². The predicted octanol–water partition coefficient (Wildman–Crippen LogP) is 4.43. The van der Waals surface area contributed by atoms with Crippen molar-refractivity contribution < 1.29 is 18.3 Å². The van der Waals surface area contributed by atoms with Crippen LogP contribution in [-0.4, -0.2) is 18.9 Å². The van der Waals surface area contributed by atoms with Gasteiger partial charge >= 0.3 is 6.11 Å². The molecule has 0 bridgehead atoms. The number of nitrogens with zero attached hydrogens (tertiary/aromatic N) is 1.